The van der Waals surface area contributed by atoms with Crippen LogP contribution in [0.1, 0.15) is 33.6 Å². The lowest BCUT2D eigenvalue weighted by atomic mass is 9.78. The van der Waals surface area contributed by atoms with Crippen LogP contribution < -0.4 is 10.6 Å². The molecule has 0 aliphatic carbocycles. The van der Waals surface area contributed by atoms with Crippen molar-refractivity contribution in [2.45, 2.75) is 46.3 Å². The summed E-state index contributed by atoms with van der Waals surface area (Å²) >= 11 is 0. The molecule has 2 N–H and O–H groups in total. The molecule has 1 aliphatic rings. The predicted octanol–water partition coefficient (Wildman–Crippen LogP) is 2.51. The Morgan fingerprint density at radius 3 is 2.79 bits per heavy atom. The van der Waals surface area contributed by atoms with Crippen LogP contribution >= 0.6 is 24.0 Å². The molecule has 2 atom stereocenters. The van der Waals surface area contributed by atoms with Crippen molar-refractivity contribution in [3.63, 3.8) is 0 Å². The van der Waals surface area contributed by atoms with Crippen molar-refractivity contribution in [2.24, 2.45) is 16.3 Å². The van der Waals surface area contributed by atoms with Gasteiger partial charge < -0.3 is 15.4 Å². The minimum atomic E-state index is 0. The first-order chi connectivity index (χ1) is 11.0. The van der Waals surface area contributed by atoms with Crippen molar-refractivity contribution in [3.05, 3.63) is 18.5 Å². The molecule has 24 heavy (non-hydrogen) atoms. The molecular weight excluding hydrogens is 417 g/mol. The van der Waals surface area contributed by atoms with Gasteiger partial charge in [0.25, 0.3) is 0 Å². The van der Waals surface area contributed by atoms with E-state index < -0.39 is 0 Å². The van der Waals surface area contributed by atoms with Crippen molar-refractivity contribution in [1.29, 1.82) is 0 Å². The van der Waals surface area contributed by atoms with Crippen LogP contribution in [0.5, 0.6) is 0 Å². The normalized spacial score (nSPS) is 21.9. The zero-order valence-electron chi connectivity index (χ0n) is 15.3. The Kier molecular flexibility index (Phi) is 9.04. The molecule has 2 heterocycles. The predicted molar refractivity (Wildman–Crippen MR) is 109 cm³/mol. The molecule has 0 aromatic carbocycles. The van der Waals surface area contributed by atoms with Crippen LogP contribution in [0.2, 0.25) is 0 Å². The number of rotatable bonds is 5. The number of aromatic nitrogens is 2. The van der Waals surface area contributed by atoms with Gasteiger partial charge in [0.05, 0.1) is 12.6 Å². The fourth-order valence-electron chi connectivity index (χ4n) is 3.18. The lowest BCUT2D eigenvalue weighted by molar-refractivity contribution is -0.0835. The number of guanidine groups is 1. The third kappa shape index (κ3) is 6.58. The second kappa shape index (κ2) is 10.2. The molecule has 1 fully saturated rings. The fourth-order valence-corrected chi connectivity index (χ4v) is 3.18. The lowest BCUT2D eigenvalue weighted by Crippen LogP contribution is -2.47. The van der Waals surface area contributed by atoms with E-state index in [4.69, 9.17) is 4.74 Å². The van der Waals surface area contributed by atoms with E-state index in [-0.39, 0.29) is 29.4 Å². The van der Waals surface area contributed by atoms with Gasteiger partial charge in [0.2, 0.25) is 0 Å². The zero-order valence-corrected chi connectivity index (χ0v) is 17.6. The number of aliphatic imine (C=N–C) groups is 1. The Morgan fingerprint density at radius 1 is 1.38 bits per heavy atom. The summed E-state index contributed by atoms with van der Waals surface area (Å²) in [6.07, 6.45) is 6.41. The second-order valence-corrected chi connectivity index (χ2v) is 7.21. The summed E-state index contributed by atoms with van der Waals surface area (Å²) < 4.78 is 7.95. The number of ether oxygens (including phenoxy) is 1. The van der Waals surface area contributed by atoms with E-state index in [1.54, 1.807) is 6.20 Å². The van der Waals surface area contributed by atoms with Gasteiger partial charge in [0.1, 0.15) is 0 Å². The van der Waals surface area contributed by atoms with Crippen LogP contribution in [0.15, 0.2) is 23.5 Å². The van der Waals surface area contributed by atoms with Crippen LogP contribution in [0.4, 0.5) is 0 Å². The van der Waals surface area contributed by atoms with E-state index in [1.165, 1.54) is 6.42 Å². The highest BCUT2D eigenvalue weighted by Gasteiger charge is 2.35. The van der Waals surface area contributed by atoms with Crippen molar-refractivity contribution >= 4 is 29.9 Å². The minimum Gasteiger partial charge on any atom is -0.377 e. The van der Waals surface area contributed by atoms with Gasteiger partial charge in [0, 0.05) is 45.1 Å². The summed E-state index contributed by atoms with van der Waals surface area (Å²) in [5.41, 5.74) is 0.170. The molecular formula is C17H32IN5O. The standard InChI is InChI=1S/C17H31N5O.HI/c1-17(2,3)15-14(7-5-12-23-15)13-20-16(18-4)19-9-11-22-10-6-8-21-22;/h6,8,10,14-15H,5,7,9,11-13H2,1-4H3,(H2,18,19,20);1H. The smallest absolute Gasteiger partial charge is 0.191 e. The van der Waals surface area contributed by atoms with E-state index in [0.29, 0.717) is 12.0 Å². The Morgan fingerprint density at radius 2 is 2.17 bits per heavy atom. The van der Waals surface area contributed by atoms with Crippen molar-refractivity contribution in [3.8, 4) is 0 Å². The molecule has 1 saturated heterocycles. The molecule has 1 aromatic heterocycles. The highest BCUT2D eigenvalue weighted by Crippen LogP contribution is 2.33. The van der Waals surface area contributed by atoms with Crippen LogP contribution in [-0.4, -0.2) is 48.6 Å². The number of nitrogens with one attached hydrogen (secondary N) is 2. The Labute approximate surface area is 162 Å². The van der Waals surface area contributed by atoms with Gasteiger partial charge in [-0.15, -0.1) is 24.0 Å². The first-order valence-electron chi connectivity index (χ1n) is 8.54. The first-order valence-corrected chi connectivity index (χ1v) is 8.54. The Bertz CT molecular complexity index is 484. The maximum Gasteiger partial charge on any atom is 0.191 e. The molecule has 7 heteroatoms. The third-order valence-electron chi connectivity index (χ3n) is 4.25. The highest BCUT2D eigenvalue weighted by atomic mass is 127. The number of nitrogens with zero attached hydrogens (tertiary/aromatic N) is 3. The minimum absolute atomic E-state index is 0. The van der Waals surface area contributed by atoms with E-state index in [9.17, 15) is 0 Å². The van der Waals surface area contributed by atoms with E-state index in [2.05, 4.69) is 41.5 Å². The van der Waals surface area contributed by atoms with Crippen LogP contribution in [0.3, 0.4) is 0 Å². The van der Waals surface area contributed by atoms with E-state index in [1.807, 2.05) is 24.0 Å². The Balaban J connectivity index is 0.00000288. The molecule has 0 bridgehead atoms. The topological polar surface area (TPSA) is 63.5 Å². The average molecular weight is 449 g/mol. The van der Waals surface area contributed by atoms with Gasteiger partial charge in [0.15, 0.2) is 5.96 Å². The number of hydrogen-bond donors (Lipinski definition) is 2. The largest absolute Gasteiger partial charge is 0.377 e. The average Bonchev–Trinajstić information content (AvgIpc) is 3.03. The molecule has 6 nitrogen and oxygen atoms in total. The fraction of sp³-hybridized carbons (Fsp3) is 0.765. The lowest BCUT2D eigenvalue weighted by Gasteiger charge is -2.40. The van der Waals surface area contributed by atoms with Gasteiger partial charge in [-0.3, -0.25) is 9.67 Å². The molecule has 0 spiro atoms. The summed E-state index contributed by atoms with van der Waals surface area (Å²) in [6.45, 7) is 10.2. The first kappa shape index (κ1) is 21.2. The molecule has 2 rings (SSSR count). The number of hydrogen-bond acceptors (Lipinski definition) is 3. The molecule has 138 valence electrons. The highest BCUT2D eigenvalue weighted by molar-refractivity contribution is 14.0. The van der Waals surface area contributed by atoms with Crippen molar-refractivity contribution < 1.29 is 4.74 Å². The molecule has 2 unspecified atom stereocenters. The van der Waals surface area contributed by atoms with Crippen molar-refractivity contribution in [2.75, 3.05) is 26.7 Å². The van der Waals surface area contributed by atoms with Gasteiger partial charge >= 0.3 is 0 Å². The number of halogens is 1. The second-order valence-electron chi connectivity index (χ2n) is 7.21. The van der Waals surface area contributed by atoms with Crippen LogP contribution in [0.25, 0.3) is 0 Å². The zero-order chi connectivity index (χ0) is 16.7. The summed E-state index contributed by atoms with van der Waals surface area (Å²) in [7, 11) is 1.81. The Hall–Kier alpha value is -0.830. The molecule has 1 aliphatic heterocycles. The quantitative estimate of drug-likeness (QED) is 0.412. The summed E-state index contributed by atoms with van der Waals surface area (Å²) in [6, 6.07) is 1.93. The summed E-state index contributed by atoms with van der Waals surface area (Å²) in [5.74, 6) is 1.36. The van der Waals surface area contributed by atoms with Crippen LogP contribution in [-0.2, 0) is 11.3 Å². The van der Waals surface area contributed by atoms with Gasteiger partial charge in [-0.05, 0) is 24.3 Å². The van der Waals surface area contributed by atoms with Crippen LogP contribution in [0, 0.1) is 11.3 Å². The maximum atomic E-state index is 6.04. The molecule has 0 radical (unpaired) electrons. The molecule has 0 saturated carbocycles. The third-order valence-corrected chi connectivity index (χ3v) is 4.25. The SMILES string of the molecule is CN=C(NCCn1cccn1)NCC1CCCOC1C(C)(C)C.I. The maximum absolute atomic E-state index is 6.04. The molecule has 0 amide bonds. The van der Waals surface area contributed by atoms with E-state index >= 15 is 0 Å². The van der Waals surface area contributed by atoms with Gasteiger partial charge in [-0.2, -0.15) is 5.10 Å². The van der Waals surface area contributed by atoms with Gasteiger partial charge in [-0.25, -0.2) is 0 Å². The van der Waals surface area contributed by atoms with Gasteiger partial charge in [-0.1, -0.05) is 20.8 Å². The van der Waals surface area contributed by atoms with E-state index in [0.717, 1.165) is 38.6 Å². The summed E-state index contributed by atoms with van der Waals surface area (Å²) in [5, 5.41) is 11.0. The summed E-state index contributed by atoms with van der Waals surface area (Å²) in [4.78, 5) is 4.30. The monoisotopic (exact) mass is 449 g/mol. The molecule has 1 aromatic rings. The van der Waals surface area contributed by atoms with Crippen molar-refractivity contribution in [1.82, 2.24) is 20.4 Å².